The Morgan fingerprint density at radius 1 is 1.18 bits per heavy atom. The molecule has 4 rings (SSSR count). The molecule has 1 unspecified atom stereocenters. The number of amides is 1. The number of carbonyl (C=O) groups is 1. The van der Waals surface area contributed by atoms with Gasteiger partial charge in [0.2, 0.25) is 0 Å². The zero-order chi connectivity index (χ0) is 14.9. The van der Waals surface area contributed by atoms with Crippen molar-refractivity contribution in [1.29, 1.82) is 0 Å². The topological polar surface area (TPSA) is 57.8 Å². The fourth-order valence-corrected chi connectivity index (χ4v) is 4.77. The molecule has 2 aromatic heterocycles. The number of fused-ring (bicyclic) bond motifs is 2. The lowest BCUT2D eigenvalue weighted by Gasteiger charge is -2.22. The predicted octanol–water partition coefficient (Wildman–Crippen LogP) is 3.55. The van der Waals surface area contributed by atoms with Crippen LogP contribution in [0.2, 0.25) is 0 Å². The van der Waals surface area contributed by atoms with E-state index in [1.165, 1.54) is 35.3 Å². The molecule has 0 fully saturated rings. The van der Waals surface area contributed by atoms with Crippen molar-refractivity contribution in [2.45, 2.75) is 57.4 Å². The summed E-state index contributed by atoms with van der Waals surface area (Å²) >= 11 is 1.69. The molecule has 2 aliphatic carbocycles. The third-order valence-corrected chi connectivity index (χ3v) is 6.05. The maximum atomic E-state index is 12.6. The lowest BCUT2D eigenvalue weighted by Crippen LogP contribution is -2.30. The molecule has 2 aliphatic rings. The number of nitrogens with one attached hydrogen (secondary N) is 2. The van der Waals surface area contributed by atoms with E-state index in [2.05, 4.69) is 21.6 Å². The van der Waals surface area contributed by atoms with Gasteiger partial charge in [-0.2, -0.15) is 5.10 Å². The Balaban J connectivity index is 1.52. The highest BCUT2D eigenvalue weighted by Crippen LogP contribution is 2.31. The van der Waals surface area contributed by atoms with Gasteiger partial charge in [-0.25, -0.2) is 0 Å². The minimum Gasteiger partial charge on any atom is -0.343 e. The molecule has 0 saturated heterocycles. The smallest absolute Gasteiger partial charge is 0.261 e. The van der Waals surface area contributed by atoms with Crippen LogP contribution in [0.5, 0.6) is 0 Å². The quantitative estimate of drug-likeness (QED) is 0.833. The van der Waals surface area contributed by atoms with Gasteiger partial charge in [0.1, 0.15) is 0 Å². The normalized spacial score (nSPS) is 20.8. The standard InChI is InChI=1S/C17H21N3OS/c21-17(15-9-11-5-2-1-3-8-14(11)22-15)19-13-7-4-6-12-10-18-20-16(12)13/h9-10,13H,1-8H2,(H,18,20)(H,19,21). The molecule has 2 heterocycles. The average molecular weight is 315 g/mol. The van der Waals surface area contributed by atoms with E-state index in [1.807, 2.05) is 6.20 Å². The first-order valence-corrected chi connectivity index (χ1v) is 9.07. The van der Waals surface area contributed by atoms with Crippen LogP contribution < -0.4 is 5.32 Å². The van der Waals surface area contributed by atoms with Gasteiger partial charge in [0.25, 0.3) is 5.91 Å². The summed E-state index contributed by atoms with van der Waals surface area (Å²) in [6.45, 7) is 0. The van der Waals surface area contributed by atoms with Gasteiger partial charge < -0.3 is 5.32 Å². The molecular formula is C17H21N3OS. The molecule has 2 aromatic rings. The number of carbonyl (C=O) groups excluding carboxylic acids is 1. The minimum absolute atomic E-state index is 0.0746. The summed E-state index contributed by atoms with van der Waals surface area (Å²) in [5, 5.41) is 10.4. The van der Waals surface area contributed by atoms with Crippen LogP contribution >= 0.6 is 11.3 Å². The van der Waals surface area contributed by atoms with Crippen molar-refractivity contribution < 1.29 is 4.79 Å². The molecule has 1 amide bonds. The maximum Gasteiger partial charge on any atom is 0.261 e. The molecule has 0 spiro atoms. The molecule has 4 nitrogen and oxygen atoms in total. The third-order valence-electron chi connectivity index (χ3n) is 4.81. The summed E-state index contributed by atoms with van der Waals surface area (Å²) in [5.74, 6) is 0.0746. The molecule has 0 radical (unpaired) electrons. The lowest BCUT2D eigenvalue weighted by atomic mass is 9.93. The molecule has 116 valence electrons. The van der Waals surface area contributed by atoms with Crippen molar-refractivity contribution >= 4 is 17.2 Å². The Morgan fingerprint density at radius 3 is 3.00 bits per heavy atom. The monoisotopic (exact) mass is 315 g/mol. The van der Waals surface area contributed by atoms with Crippen molar-refractivity contribution in [2.75, 3.05) is 0 Å². The summed E-state index contributed by atoms with van der Waals surface area (Å²) in [6, 6.07) is 2.21. The number of aromatic nitrogens is 2. The number of H-pyrrole nitrogens is 1. The molecule has 0 aromatic carbocycles. The predicted molar refractivity (Wildman–Crippen MR) is 87.3 cm³/mol. The van der Waals surface area contributed by atoms with Gasteiger partial charge in [-0.15, -0.1) is 11.3 Å². The van der Waals surface area contributed by atoms with Crippen LogP contribution in [-0.4, -0.2) is 16.1 Å². The van der Waals surface area contributed by atoms with Crippen LogP contribution in [0, 0.1) is 0 Å². The van der Waals surface area contributed by atoms with Crippen LogP contribution in [0.3, 0.4) is 0 Å². The number of aryl methyl sites for hydroxylation is 3. The number of rotatable bonds is 2. The Hall–Kier alpha value is -1.62. The van der Waals surface area contributed by atoms with Crippen LogP contribution in [-0.2, 0) is 19.3 Å². The van der Waals surface area contributed by atoms with E-state index in [1.54, 1.807) is 11.3 Å². The van der Waals surface area contributed by atoms with Gasteiger partial charge in [-0.05, 0) is 62.1 Å². The van der Waals surface area contributed by atoms with E-state index < -0.39 is 0 Å². The number of hydrogen-bond acceptors (Lipinski definition) is 3. The zero-order valence-electron chi connectivity index (χ0n) is 12.7. The second-order valence-electron chi connectivity index (χ2n) is 6.35. The molecule has 2 N–H and O–H groups in total. The molecule has 1 atom stereocenters. The Bertz CT molecular complexity index is 664. The molecule has 5 heteroatoms. The van der Waals surface area contributed by atoms with Gasteiger partial charge in [0.15, 0.2) is 0 Å². The van der Waals surface area contributed by atoms with Crippen molar-refractivity contribution in [1.82, 2.24) is 15.5 Å². The second kappa shape index (κ2) is 5.88. The van der Waals surface area contributed by atoms with Crippen LogP contribution in [0.25, 0.3) is 0 Å². The number of thiophene rings is 1. The van der Waals surface area contributed by atoms with Crippen molar-refractivity contribution in [3.63, 3.8) is 0 Å². The molecule has 0 saturated carbocycles. The molecule has 0 bridgehead atoms. The SMILES string of the molecule is O=C(NC1CCCc2cn[nH]c21)c1cc2c(s1)CCCCC2. The first-order valence-electron chi connectivity index (χ1n) is 8.26. The third kappa shape index (κ3) is 2.58. The summed E-state index contributed by atoms with van der Waals surface area (Å²) < 4.78 is 0. The van der Waals surface area contributed by atoms with Crippen LogP contribution in [0.15, 0.2) is 12.3 Å². The first kappa shape index (κ1) is 14.0. The number of aromatic amines is 1. The first-order chi connectivity index (χ1) is 10.8. The maximum absolute atomic E-state index is 12.6. The summed E-state index contributed by atoms with van der Waals surface area (Å²) in [6.07, 6.45) is 11.2. The summed E-state index contributed by atoms with van der Waals surface area (Å²) in [5.41, 5.74) is 3.75. The van der Waals surface area contributed by atoms with Crippen LogP contribution in [0.4, 0.5) is 0 Å². The van der Waals surface area contributed by atoms with Crippen molar-refractivity contribution in [3.8, 4) is 0 Å². The van der Waals surface area contributed by atoms with Crippen LogP contribution in [0.1, 0.15) is 69.5 Å². The largest absolute Gasteiger partial charge is 0.343 e. The summed E-state index contributed by atoms with van der Waals surface area (Å²) in [4.78, 5) is 14.9. The minimum atomic E-state index is 0.0746. The highest BCUT2D eigenvalue weighted by Gasteiger charge is 2.25. The van der Waals surface area contributed by atoms with E-state index in [9.17, 15) is 4.79 Å². The number of hydrogen-bond donors (Lipinski definition) is 2. The Labute approximate surface area is 134 Å². The highest BCUT2D eigenvalue weighted by atomic mass is 32.1. The fraction of sp³-hybridized carbons (Fsp3) is 0.529. The van der Waals surface area contributed by atoms with Crippen molar-refractivity contribution in [2.24, 2.45) is 0 Å². The van der Waals surface area contributed by atoms with Gasteiger partial charge in [-0.1, -0.05) is 6.42 Å². The molecular weight excluding hydrogens is 294 g/mol. The van der Waals surface area contributed by atoms with E-state index in [-0.39, 0.29) is 11.9 Å². The van der Waals surface area contributed by atoms with E-state index in [0.29, 0.717) is 0 Å². The Morgan fingerprint density at radius 2 is 2.05 bits per heavy atom. The zero-order valence-corrected chi connectivity index (χ0v) is 13.5. The fourth-order valence-electron chi connectivity index (χ4n) is 3.62. The van der Waals surface area contributed by atoms with E-state index in [0.717, 1.165) is 42.7 Å². The van der Waals surface area contributed by atoms with Gasteiger partial charge >= 0.3 is 0 Å². The lowest BCUT2D eigenvalue weighted by molar-refractivity contribution is 0.0936. The average Bonchev–Trinajstić information content (AvgIpc) is 3.10. The number of nitrogens with zero attached hydrogens (tertiary/aromatic N) is 1. The van der Waals surface area contributed by atoms with Gasteiger partial charge in [0.05, 0.1) is 22.8 Å². The second-order valence-corrected chi connectivity index (χ2v) is 7.48. The molecule has 22 heavy (non-hydrogen) atoms. The van der Waals surface area contributed by atoms with E-state index in [4.69, 9.17) is 0 Å². The highest BCUT2D eigenvalue weighted by molar-refractivity contribution is 7.14. The summed E-state index contributed by atoms with van der Waals surface area (Å²) in [7, 11) is 0. The Kier molecular flexibility index (Phi) is 3.74. The van der Waals surface area contributed by atoms with Gasteiger partial charge in [0, 0.05) is 4.88 Å². The van der Waals surface area contributed by atoms with E-state index >= 15 is 0 Å². The van der Waals surface area contributed by atoms with Gasteiger partial charge in [-0.3, -0.25) is 9.89 Å². The van der Waals surface area contributed by atoms with Crippen molar-refractivity contribution in [3.05, 3.63) is 38.8 Å². The molecule has 0 aliphatic heterocycles.